The predicted octanol–water partition coefficient (Wildman–Crippen LogP) is 3.45. The lowest BCUT2D eigenvalue weighted by molar-refractivity contribution is -0.0874. The molecular weight excluding hydrogens is 475 g/mol. The van der Waals surface area contributed by atoms with Crippen LogP contribution in [0.2, 0.25) is 0 Å². The fourth-order valence-corrected chi connectivity index (χ4v) is 2.53. The van der Waals surface area contributed by atoms with Gasteiger partial charge in [-0.1, -0.05) is 7.43 Å². The molecule has 1 aliphatic carbocycles. The maximum absolute atomic E-state index is 11.9. The molecule has 1 aromatic heterocycles. The zero-order valence-corrected chi connectivity index (χ0v) is 19.4. The van der Waals surface area contributed by atoms with Crippen LogP contribution in [0.5, 0.6) is 0 Å². The number of aliphatic hydroxyl groups excluding tert-OH is 2. The summed E-state index contributed by atoms with van der Waals surface area (Å²) in [6, 6.07) is -0.336. The summed E-state index contributed by atoms with van der Waals surface area (Å²) in [7, 11) is 3.16. The number of aldehydes is 1. The third kappa shape index (κ3) is 12.5. The van der Waals surface area contributed by atoms with Crippen molar-refractivity contribution in [3.63, 3.8) is 0 Å². The Morgan fingerprint density at radius 2 is 2.09 bits per heavy atom. The third-order valence-corrected chi connectivity index (χ3v) is 4.40. The highest BCUT2D eigenvalue weighted by Gasteiger charge is 2.21. The lowest BCUT2D eigenvalue weighted by Gasteiger charge is -2.26. The van der Waals surface area contributed by atoms with Gasteiger partial charge in [0.2, 0.25) is 0 Å². The van der Waals surface area contributed by atoms with E-state index in [0.717, 1.165) is 5.76 Å². The zero-order valence-electron chi connectivity index (χ0n) is 19.4. The van der Waals surface area contributed by atoms with Crippen molar-refractivity contribution in [2.75, 3.05) is 38.8 Å². The molecule has 11 nitrogen and oxygen atoms in total. The number of carbonyl (C=O) groups is 2. The summed E-state index contributed by atoms with van der Waals surface area (Å²) in [4.78, 5) is 27.8. The van der Waals surface area contributed by atoms with Gasteiger partial charge in [-0.25, -0.2) is 4.79 Å². The average Bonchev–Trinajstić information content (AvgIpc) is 2.78. The minimum Gasteiger partial charge on any atom is -0.508 e. The number of H-pyrrole nitrogens is 1. The number of ether oxygens (including phenoxy) is 1. The van der Waals surface area contributed by atoms with Crippen molar-refractivity contribution >= 4 is 18.1 Å². The molecule has 0 fully saturated rings. The van der Waals surface area contributed by atoms with Crippen LogP contribution in [0.4, 0.5) is 24.5 Å². The van der Waals surface area contributed by atoms with Crippen LogP contribution in [0, 0.1) is 0 Å². The van der Waals surface area contributed by atoms with Crippen molar-refractivity contribution in [1.29, 1.82) is 0 Å². The largest absolute Gasteiger partial charge is 0.508 e. The van der Waals surface area contributed by atoms with Gasteiger partial charge in [-0.2, -0.15) is 0 Å². The highest BCUT2D eigenvalue weighted by Crippen LogP contribution is 2.18. The number of urea groups is 1. The van der Waals surface area contributed by atoms with Crippen LogP contribution in [0.15, 0.2) is 35.6 Å². The molecule has 0 saturated carbocycles. The van der Waals surface area contributed by atoms with Gasteiger partial charge in [-0.3, -0.25) is 33.8 Å². The Balaban J connectivity index is -0.000000336. The molecule has 2 amide bonds. The van der Waals surface area contributed by atoms with E-state index in [1.165, 1.54) is 11.0 Å². The monoisotopic (exact) mass is 515 g/mol. The number of anilines is 1. The van der Waals surface area contributed by atoms with Crippen LogP contribution in [-0.4, -0.2) is 66.2 Å². The number of amides is 2. The molecule has 1 heterocycles. The van der Waals surface area contributed by atoms with E-state index in [-0.39, 0.29) is 42.4 Å². The van der Waals surface area contributed by atoms with E-state index in [1.807, 2.05) is 6.92 Å². The smallest absolute Gasteiger partial charge is 0.322 e. The highest BCUT2D eigenvalue weighted by atomic mass is 19.3. The second-order valence-electron chi connectivity index (χ2n) is 6.75. The second kappa shape index (κ2) is 19.9. The van der Waals surface area contributed by atoms with Gasteiger partial charge in [-0.15, -0.1) is 0 Å². The molecule has 1 aromatic rings. The van der Waals surface area contributed by atoms with Gasteiger partial charge in [0.25, 0.3) is 0 Å². The number of aromatic amines is 1. The van der Waals surface area contributed by atoms with Crippen LogP contribution < -0.4 is 15.5 Å². The van der Waals surface area contributed by atoms with Crippen molar-refractivity contribution in [2.24, 2.45) is 0 Å². The molecule has 0 unspecified atom stereocenters. The topological polar surface area (TPSA) is 141 Å². The number of allylic oxidation sites excluding steroid dienone is 4. The fourth-order valence-electron chi connectivity index (χ4n) is 2.53. The van der Waals surface area contributed by atoms with Gasteiger partial charge < -0.3 is 25.6 Å². The molecular formula is C21H40F3N5O6. The number of halogens is 3. The Hall–Kier alpha value is -3.55. The Kier molecular flexibility index (Phi) is 20.5. The number of aliphatic hydroxyl groups is 2. The number of hydrogen-bond donors (Lipinski definition) is 5. The van der Waals surface area contributed by atoms with Crippen molar-refractivity contribution < 1.29 is 44.8 Å². The van der Waals surface area contributed by atoms with Crippen LogP contribution in [0.25, 0.3) is 0 Å². The lowest BCUT2D eigenvalue weighted by atomic mass is 10.1. The molecule has 0 aliphatic heterocycles. The van der Waals surface area contributed by atoms with Gasteiger partial charge in [0, 0.05) is 51.4 Å². The van der Waals surface area contributed by atoms with Crippen molar-refractivity contribution in [1.82, 2.24) is 20.4 Å². The van der Waals surface area contributed by atoms with Crippen molar-refractivity contribution in [2.45, 2.75) is 40.2 Å². The fraction of sp³-hybridized carbons (Fsp3) is 0.524. The van der Waals surface area contributed by atoms with Crippen LogP contribution in [-0.2, 0) is 16.2 Å². The summed E-state index contributed by atoms with van der Waals surface area (Å²) in [5.74, 6) is 1.47. The summed E-state index contributed by atoms with van der Waals surface area (Å²) >= 11 is 0. The molecule has 0 bridgehead atoms. The van der Waals surface area contributed by atoms with Crippen molar-refractivity contribution in [3.05, 3.63) is 41.3 Å². The number of nitrogens with zero attached hydrogens (tertiary/aromatic N) is 2. The SMILES string of the molecule is C.CO/C(C)=C\NCCn1[nH]c(N(C)C(=O)NCCCO)c1C=O.F.F.OC1=CCCC(OF)=C1.[HH]. The normalized spacial score (nSPS) is 12.1. The van der Waals surface area contributed by atoms with Crippen LogP contribution in [0.1, 0.15) is 45.5 Å². The van der Waals surface area contributed by atoms with E-state index in [1.54, 1.807) is 31.1 Å². The Bertz CT molecular complexity index is 830. The predicted molar refractivity (Wildman–Crippen MR) is 131 cm³/mol. The average molecular weight is 516 g/mol. The summed E-state index contributed by atoms with van der Waals surface area (Å²) in [6.07, 6.45) is 6.98. The molecule has 0 aromatic carbocycles. The Labute approximate surface area is 204 Å². The molecule has 35 heavy (non-hydrogen) atoms. The number of hydrogen-bond acceptors (Lipinski definition) is 7. The number of rotatable bonds is 11. The van der Waals surface area contributed by atoms with Crippen LogP contribution in [0.3, 0.4) is 0 Å². The van der Waals surface area contributed by atoms with E-state index in [2.05, 4.69) is 20.7 Å². The molecule has 14 heteroatoms. The van der Waals surface area contributed by atoms with E-state index in [4.69, 9.17) is 14.9 Å². The maximum atomic E-state index is 11.9. The quantitative estimate of drug-likeness (QED) is 0.173. The maximum Gasteiger partial charge on any atom is 0.322 e. The standard InChI is InChI=1S/C14H25N5O4.C6H7FO2.CH4.2FH.H2/c1-11(23-3)9-15-6-7-19-12(10-21)13(17-19)18(2)14(22)16-5-4-8-20;7-9-6-3-1-2-5(8)4-6;;;;/h9-10,15,17,20H,4-8H2,1-3H3,(H,16,22);2,4,8H,1,3H2;1H4;3*1H/b11-9-;;;;;. The molecule has 0 radical (unpaired) electrons. The van der Waals surface area contributed by atoms with E-state index < -0.39 is 0 Å². The van der Waals surface area contributed by atoms with E-state index >= 15 is 0 Å². The summed E-state index contributed by atoms with van der Waals surface area (Å²) in [6.45, 7) is 3.37. The van der Waals surface area contributed by atoms with Gasteiger partial charge in [0.05, 0.1) is 13.7 Å². The first-order valence-corrected chi connectivity index (χ1v) is 10.1. The van der Waals surface area contributed by atoms with E-state index in [0.29, 0.717) is 56.7 Å². The van der Waals surface area contributed by atoms with E-state index in [9.17, 15) is 14.1 Å². The Morgan fingerprint density at radius 1 is 1.40 bits per heavy atom. The molecule has 0 spiro atoms. The number of aromatic nitrogens is 2. The van der Waals surface area contributed by atoms with Crippen molar-refractivity contribution in [3.8, 4) is 0 Å². The first kappa shape index (κ1) is 36.0. The minimum atomic E-state index is -0.336. The molecule has 2 rings (SSSR count). The first-order chi connectivity index (χ1) is 15.4. The summed E-state index contributed by atoms with van der Waals surface area (Å²) in [5, 5.41) is 26.1. The third-order valence-electron chi connectivity index (χ3n) is 4.40. The number of carbonyl (C=O) groups excluding carboxylic acids is 2. The highest BCUT2D eigenvalue weighted by molar-refractivity contribution is 5.95. The first-order valence-electron chi connectivity index (χ1n) is 10.1. The molecule has 0 saturated heterocycles. The minimum absolute atomic E-state index is 0. The molecule has 0 atom stereocenters. The molecule has 206 valence electrons. The van der Waals surface area contributed by atoms with Gasteiger partial charge in [-0.05, 0) is 25.8 Å². The second-order valence-corrected chi connectivity index (χ2v) is 6.75. The van der Waals surface area contributed by atoms with Crippen LogP contribution >= 0.6 is 0 Å². The summed E-state index contributed by atoms with van der Waals surface area (Å²) < 4.78 is 18.0. The number of methoxy groups -OCH3 is 1. The van der Waals surface area contributed by atoms with Gasteiger partial charge in [0.1, 0.15) is 17.2 Å². The zero-order chi connectivity index (χ0) is 23.9. The Morgan fingerprint density at radius 3 is 2.60 bits per heavy atom. The summed E-state index contributed by atoms with van der Waals surface area (Å²) in [5.41, 5.74) is 0.416. The molecule has 5 N–H and O–H groups in total. The molecule has 1 aliphatic rings. The number of nitrogens with one attached hydrogen (secondary N) is 3. The van der Waals surface area contributed by atoms with Gasteiger partial charge in [0.15, 0.2) is 17.9 Å². The van der Waals surface area contributed by atoms with Gasteiger partial charge >= 0.3 is 6.03 Å². The lowest BCUT2D eigenvalue weighted by Crippen LogP contribution is -2.41.